The Labute approximate surface area is 141 Å². The molecule has 0 saturated heterocycles. The van der Waals surface area contributed by atoms with Gasteiger partial charge in [0, 0.05) is 13.1 Å². The van der Waals surface area contributed by atoms with E-state index in [0.717, 1.165) is 11.3 Å². The molecule has 0 N–H and O–H groups in total. The van der Waals surface area contributed by atoms with Gasteiger partial charge in [-0.25, -0.2) is 4.39 Å². The zero-order valence-corrected chi connectivity index (χ0v) is 13.9. The van der Waals surface area contributed by atoms with E-state index in [9.17, 15) is 9.18 Å². The number of halogens is 1. The SMILES string of the molecule is CCOC(=O)CN(Cc1ccc(F)cc1)Cc1ccc(OC)cn1. The fraction of sp³-hybridized carbons (Fsp3) is 0.333. The Morgan fingerprint density at radius 2 is 1.92 bits per heavy atom. The normalized spacial score (nSPS) is 10.7. The Balaban J connectivity index is 2.08. The average molecular weight is 332 g/mol. The number of nitrogens with zero attached hydrogens (tertiary/aromatic N) is 2. The lowest BCUT2D eigenvalue weighted by Gasteiger charge is -2.21. The van der Waals surface area contributed by atoms with Crippen molar-refractivity contribution in [1.29, 1.82) is 0 Å². The third-order valence-electron chi connectivity index (χ3n) is 3.40. The Morgan fingerprint density at radius 1 is 1.17 bits per heavy atom. The molecule has 0 aliphatic heterocycles. The van der Waals surface area contributed by atoms with Gasteiger partial charge in [0.25, 0.3) is 0 Å². The topological polar surface area (TPSA) is 51.7 Å². The summed E-state index contributed by atoms with van der Waals surface area (Å²) >= 11 is 0. The summed E-state index contributed by atoms with van der Waals surface area (Å²) in [6, 6.07) is 9.89. The van der Waals surface area contributed by atoms with Gasteiger partial charge in [-0.3, -0.25) is 14.7 Å². The van der Waals surface area contributed by atoms with Gasteiger partial charge in [0.2, 0.25) is 0 Å². The molecule has 2 aromatic rings. The Hall–Kier alpha value is -2.47. The van der Waals surface area contributed by atoms with Crippen molar-refractivity contribution >= 4 is 5.97 Å². The van der Waals surface area contributed by atoms with Crippen molar-refractivity contribution in [3.05, 3.63) is 59.7 Å². The highest BCUT2D eigenvalue weighted by Crippen LogP contribution is 2.13. The van der Waals surface area contributed by atoms with Crippen LogP contribution in [-0.2, 0) is 22.6 Å². The summed E-state index contributed by atoms with van der Waals surface area (Å²) in [5.41, 5.74) is 1.72. The van der Waals surface area contributed by atoms with Gasteiger partial charge in [-0.15, -0.1) is 0 Å². The lowest BCUT2D eigenvalue weighted by atomic mass is 10.2. The van der Waals surface area contributed by atoms with Crippen LogP contribution in [-0.4, -0.2) is 36.1 Å². The van der Waals surface area contributed by atoms with E-state index in [2.05, 4.69) is 4.98 Å². The summed E-state index contributed by atoms with van der Waals surface area (Å²) in [6.45, 7) is 3.21. The summed E-state index contributed by atoms with van der Waals surface area (Å²) in [7, 11) is 1.58. The standard InChI is InChI=1S/C18H21FN2O3/c1-3-24-18(22)13-21(11-14-4-6-15(19)7-5-14)12-16-8-9-17(23-2)10-20-16/h4-10H,3,11-13H2,1-2H3. The minimum absolute atomic E-state index is 0.138. The van der Waals surface area contributed by atoms with Crippen molar-refractivity contribution in [2.75, 3.05) is 20.3 Å². The van der Waals surface area contributed by atoms with Crippen LogP contribution >= 0.6 is 0 Å². The van der Waals surface area contributed by atoms with Gasteiger partial charge in [-0.2, -0.15) is 0 Å². The molecule has 0 aliphatic rings. The molecule has 0 fully saturated rings. The number of aromatic nitrogens is 1. The molecule has 0 aliphatic carbocycles. The lowest BCUT2D eigenvalue weighted by Crippen LogP contribution is -2.30. The van der Waals surface area contributed by atoms with Crippen LogP contribution in [0.25, 0.3) is 0 Å². The highest BCUT2D eigenvalue weighted by atomic mass is 19.1. The molecule has 0 unspecified atom stereocenters. The maximum atomic E-state index is 13.0. The van der Waals surface area contributed by atoms with Crippen LogP contribution in [0.5, 0.6) is 5.75 Å². The van der Waals surface area contributed by atoms with Gasteiger partial charge in [-0.1, -0.05) is 12.1 Å². The fourth-order valence-corrected chi connectivity index (χ4v) is 2.26. The first-order chi connectivity index (χ1) is 11.6. The molecular weight excluding hydrogens is 311 g/mol. The molecule has 6 heteroatoms. The van der Waals surface area contributed by atoms with Crippen LogP contribution in [0.3, 0.4) is 0 Å². The number of rotatable bonds is 8. The monoisotopic (exact) mass is 332 g/mol. The van der Waals surface area contributed by atoms with Crippen LogP contribution in [0.15, 0.2) is 42.6 Å². The van der Waals surface area contributed by atoms with Gasteiger partial charge in [-0.05, 0) is 36.8 Å². The third-order valence-corrected chi connectivity index (χ3v) is 3.40. The minimum Gasteiger partial charge on any atom is -0.495 e. The summed E-state index contributed by atoms with van der Waals surface area (Å²) in [5, 5.41) is 0. The van der Waals surface area contributed by atoms with Crippen LogP contribution in [0.4, 0.5) is 4.39 Å². The number of hydrogen-bond donors (Lipinski definition) is 0. The van der Waals surface area contributed by atoms with Crippen molar-refractivity contribution in [1.82, 2.24) is 9.88 Å². The summed E-state index contributed by atoms with van der Waals surface area (Å²) in [6.07, 6.45) is 1.63. The molecule has 0 atom stereocenters. The number of carbonyl (C=O) groups excluding carboxylic acids is 1. The van der Waals surface area contributed by atoms with Gasteiger partial charge in [0.05, 0.1) is 32.2 Å². The zero-order valence-electron chi connectivity index (χ0n) is 13.9. The highest BCUT2D eigenvalue weighted by Gasteiger charge is 2.14. The second-order valence-electron chi connectivity index (χ2n) is 5.27. The Morgan fingerprint density at radius 3 is 2.50 bits per heavy atom. The average Bonchev–Trinajstić information content (AvgIpc) is 2.58. The van der Waals surface area contributed by atoms with Crippen molar-refractivity contribution in [2.45, 2.75) is 20.0 Å². The van der Waals surface area contributed by atoms with E-state index in [4.69, 9.17) is 9.47 Å². The number of benzene rings is 1. The first kappa shape index (κ1) is 17.9. The number of carbonyl (C=O) groups is 1. The third kappa shape index (κ3) is 5.62. The molecule has 128 valence electrons. The molecule has 2 rings (SSSR count). The number of hydrogen-bond acceptors (Lipinski definition) is 5. The molecule has 5 nitrogen and oxygen atoms in total. The van der Waals surface area contributed by atoms with Crippen LogP contribution in [0.2, 0.25) is 0 Å². The first-order valence-corrected chi connectivity index (χ1v) is 7.72. The van der Waals surface area contributed by atoms with E-state index in [1.54, 1.807) is 32.4 Å². The molecule has 0 saturated carbocycles. The maximum absolute atomic E-state index is 13.0. The largest absolute Gasteiger partial charge is 0.495 e. The van der Waals surface area contributed by atoms with E-state index >= 15 is 0 Å². The Bertz CT molecular complexity index is 644. The van der Waals surface area contributed by atoms with Gasteiger partial charge in [0.1, 0.15) is 11.6 Å². The Kier molecular flexibility index (Phi) is 6.69. The number of esters is 1. The smallest absolute Gasteiger partial charge is 0.320 e. The molecule has 0 amide bonds. The quantitative estimate of drug-likeness (QED) is 0.696. The van der Waals surface area contributed by atoms with Crippen molar-refractivity contribution in [3.63, 3.8) is 0 Å². The lowest BCUT2D eigenvalue weighted by molar-refractivity contribution is -0.144. The van der Waals surface area contributed by atoms with Crippen molar-refractivity contribution in [3.8, 4) is 5.75 Å². The van der Waals surface area contributed by atoms with E-state index in [-0.39, 0.29) is 18.3 Å². The molecule has 0 spiro atoms. The second-order valence-corrected chi connectivity index (χ2v) is 5.27. The summed E-state index contributed by atoms with van der Waals surface area (Å²) < 4.78 is 23.2. The number of pyridine rings is 1. The van der Waals surface area contributed by atoms with Crippen molar-refractivity contribution in [2.24, 2.45) is 0 Å². The van der Waals surface area contributed by atoms with E-state index < -0.39 is 0 Å². The summed E-state index contributed by atoms with van der Waals surface area (Å²) in [4.78, 5) is 18.0. The summed E-state index contributed by atoms with van der Waals surface area (Å²) in [5.74, 6) is 0.0925. The van der Waals surface area contributed by atoms with E-state index in [0.29, 0.717) is 25.4 Å². The maximum Gasteiger partial charge on any atom is 0.320 e. The predicted molar refractivity (Wildman–Crippen MR) is 87.9 cm³/mol. The first-order valence-electron chi connectivity index (χ1n) is 7.72. The predicted octanol–water partition coefficient (Wildman–Crippen LogP) is 2.79. The van der Waals surface area contributed by atoms with Crippen LogP contribution in [0.1, 0.15) is 18.2 Å². The number of methoxy groups -OCH3 is 1. The zero-order chi connectivity index (χ0) is 17.4. The van der Waals surface area contributed by atoms with Gasteiger partial charge in [0.15, 0.2) is 0 Å². The van der Waals surface area contributed by atoms with E-state index in [1.165, 1.54) is 12.1 Å². The second kappa shape index (κ2) is 8.98. The van der Waals surface area contributed by atoms with Crippen LogP contribution < -0.4 is 4.74 Å². The van der Waals surface area contributed by atoms with Gasteiger partial charge < -0.3 is 9.47 Å². The number of ether oxygens (including phenoxy) is 2. The highest BCUT2D eigenvalue weighted by molar-refractivity contribution is 5.71. The molecule has 1 aromatic heterocycles. The molecule has 24 heavy (non-hydrogen) atoms. The van der Waals surface area contributed by atoms with Crippen LogP contribution in [0, 0.1) is 5.82 Å². The molecule has 1 aromatic carbocycles. The minimum atomic E-state index is -0.298. The molecule has 0 bridgehead atoms. The molecule has 0 radical (unpaired) electrons. The molecule has 1 heterocycles. The van der Waals surface area contributed by atoms with Gasteiger partial charge >= 0.3 is 5.97 Å². The van der Waals surface area contributed by atoms with E-state index in [1.807, 2.05) is 17.0 Å². The molecular formula is C18H21FN2O3. The fourth-order valence-electron chi connectivity index (χ4n) is 2.26. The van der Waals surface area contributed by atoms with Crippen molar-refractivity contribution < 1.29 is 18.7 Å².